The van der Waals surface area contributed by atoms with E-state index < -0.39 is 17.9 Å². The quantitative estimate of drug-likeness (QED) is 0.542. The highest BCUT2D eigenvalue weighted by molar-refractivity contribution is 8.14. The summed E-state index contributed by atoms with van der Waals surface area (Å²) in [6, 6.07) is 10.2. The lowest BCUT2D eigenvalue weighted by molar-refractivity contribution is -0.147. The van der Waals surface area contributed by atoms with Gasteiger partial charge in [0.25, 0.3) is 5.24 Å². The molecule has 4 rings (SSSR count). The zero-order valence-corrected chi connectivity index (χ0v) is 20.2. The molecule has 0 radical (unpaired) electrons. The lowest BCUT2D eigenvalue weighted by Gasteiger charge is -2.34. The van der Waals surface area contributed by atoms with Gasteiger partial charge in [0.15, 0.2) is 11.6 Å². The maximum Gasteiger partial charge on any atom is 0.346 e. The number of thioether (sulfide) groups is 1. The molecule has 2 aromatic rings. The van der Waals surface area contributed by atoms with Gasteiger partial charge in [-0.1, -0.05) is 12.1 Å². The number of aryl methyl sites for hydroxylation is 1. The van der Waals surface area contributed by atoms with E-state index >= 15 is 0 Å². The molecule has 0 aromatic heterocycles. The Hall–Kier alpha value is -2.98. The van der Waals surface area contributed by atoms with E-state index in [4.69, 9.17) is 14.2 Å². The van der Waals surface area contributed by atoms with E-state index in [1.54, 1.807) is 24.1 Å². The van der Waals surface area contributed by atoms with Gasteiger partial charge in [-0.3, -0.25) is 9.80 Å². The van der Waals surface area contributed by atoms with E-state index in [9.17, 15) is 14.0 Å². The molecule has 2 aliphatic heterocycles. The minimum absolute atomic E-state index is 0.0183. The van der Waals surface area contributed by atoms with Crippen LogP contribution in [0.25, 0.3) is 0 Å². The Bertz CT molecular complexity index is 1070. The lowest BCUT2D eigenvalue weighted by atomic mass is 10.1. The third-order valence-corrected chi connectivity index (χ3v) is 6.68. The fourth-order valence-corrected chi connectivity index (χ4v) is 4.87. The third kappa shape index (κ3) is 5.39. The molecule has 1 amide bonds. The van der Waals surface area contributed by atoms with Crippen LogP contribution in [0.1, 0.15) is 30.9 Å². The molecule has 0 spiro atoms. The van der Waals surface area contributed by atoms with Crippen molar-refractivity contribution in [1.29, 1.82) is 0 Å². The van der Waals surface area contributed by atoms with Crippen LogP contribution < -0.4 is 14.8 Å². The molecule has 2 aromatic carbocycles. The minimum atomic E-state index is -0.774. The van der Waals surface area contributed by atoms with Crippen LogP contribution in [0, 0.1) is 12.7 Å². The van der Waals surface area contributed by atoms with Crippen LogP contribution in [0.5, 0.6) is 11.5 Å². The van der Waals surface area contributed by atoms with Crippen LogP contribution in [-0.2, 0) is 16.1 Å². The summed E-state index contributed by atoms with van der Waals surface area (Å²) in [6.07, 6.45) is 1.20. The Labute approximate surface area is 202 Å². The molecule has 2 heterocycles. The Kier molecular flexibility index (Phi) is 7.47. The molecular formula is C24H28FN3O5S. The van der Waals surface area contributed by atoms with Gasteiger partial charge in [-0.15, -0.1) is 0 Å². The molecule has 0 bridgehead atoms. The number of hydrogen-bond acceptors (Lipinski definition) is 8. The molecule has 2 atom stereocenters. The van der Waals surface area contributed by atoms with Crippen LogP contribution in [0.4, 0.5) is 14.9 Å². The van der Waals surface area contributed by atoms with E-state index in [0.29, 0.717) is 23.7 Å². The molecule has 2 saturated heterocycles. The van der Waals surface area contributed by atoms with Crippen LogP contribution in [-0.4, -0.2) is 53.0 Å². The van der Waals surface area contributed by atoms with Gasteiger partial charge in [-0.25, -0.2) is 9.18 Å². The number of fused-ring (bicyclic) bond motifs is 1. The van der Waals surface area contributed by atoms with Crippen LogP contribution >= 0.6 is 11.8 Å². The predicted octanol–water partition coefficient (Wildman–Crippen LogP) is 4.53. The maximum absolute atomic E-state index is 14.8. The number of nitrogens with one attached hydrogen (secondary N) is 1. The molecule has 2 aliphatic rings. The minimum Gasteiger partial charge on any atom is -0.489 e. The topological polar surface area (TPSA) is 80.3 Å². The van der Waals surface area contributed by atoms with Gasteiger partial charge < -0.3 is 19.5 Å². The summed E-state index contributed by atoms with van der Waals surface area (Å²) < 4.78 is 31.1. The van der Waals surface area contributed by atoms with Crippen molar-refractivity contribution in [2.75, 3.05) is 25.5 Å². The first-order chi connectivity index (χ1) is 16.4. The van der Waals surface area contributed by atoms with Crippen molar-refractivity contribution in [3.63, 3.8) is 0 Å². The summed E-state index contributed by atoms with van der Waals surface area (Å²) in [6.45, 7) is 5.11. The highest BCUT2D eigenvalue weighted by Crippen LogP contribution is 2.35. The van der Waals surface area contributed by atoms with E-state index in [2.05, 4.69) is 5.32 Å². The summed E-state index contributed by atoms with van der Waals surface area (Å²) in [5, 5.41) is 6.79. The number of ether oxygens (including phenoxy) is 3. The number of rotatable bonds is 8. The number of amides is 1. The number of halogens is 1. The monoisotopic (exact) mass is 489 g/mol. The van der Waals surface area contributed by atoms with Gasteiger partial charge in [0, 0.05) is 24.7 Å². The Balaban J connectivity index is 1.41. The maximum atomic E-state index is 14.8. The normalized spacial score (nSPS) is 18.9. The van der Waals surface area contributed by atoms with Crippen molar-refractivity contribution in [1.82, 2.24) is 10.0 Å². The average Bonchev–Trinajstić information content (AvgIpc) is 3.15. The van der Waals surface area contributed by atoms with E-state index in [1.165, 1.54) is 13.2 Å². The van der Waals surface area contributed by atoms with Gasteiger partial charge in [0.1, 0.15) is 23.9 Å². The van der Waals surface area contributed by atoms with Gasteiger partial charge in [-0.05, 0) is 62.2 Å². The molecule has 0 aliphatic carbocycles. The summed E-state index contributed by atoms with van der Waals surface area (Å²) in [7, 11) is 1.31. The van der Waals surface area contributed by atoms with Crippen LogP contribution in [0.15, 0.2) is 36.4 Å². The van der Waals surface area contributed by atoms with Crippen molar-refractivity contribution < 1.29 is 28.2 Å². The second kappa shape index (κ2) is 10.5. The third-order valence-electron chi connectivity index (χ3n) is 5.68. The smallest absolute Gasteiger partial charge is 0.346 e. The van der Waals surface area contributed by atoms with Gasteiger partial charge in [0.2, 0.25) is 0 Å². The van der Waals surface area contributed by atoms with Crippen LogP contribution in [0.3, 0.4) is 0 Å². The zero-order valence-electron chi connectivity index (χ0n) is 19.4. The molecule has 8 nitrogen and oxygen atoms in total. The Morgan fingerprint density at radius 2 is 2.03 bits per heavy atom. The number of carbonyl (C=O) groups excluding carboxylic acids is 2. The molecule has 182 valence electrons. The van der Waals surface area contributed by atoms with Crippen LogP contribution in [0.2, 0.25) is 0 Å². The number of esters is 1. The summed E-state index contributed by atoms with van der Waals surface area (Å²) in [5.41, 5.74) is 1.65. The Morgan fingerprint density at radius 1 is 1.24 bits per heavy atom. The SMILES string of the molecule is COC(=O)C(C)Oc1cc(C)ccc1COc1ccc(NC2SC(=O)N3CCCCN23)c(F)c1. The number of benzene rings is 2. The molecule has 0 saturated carbocycles. The standard InChI is InChI=1S/C24H28FN3O5S/c1-15-6-7-17(21(12-15)33-16(2)22(29)31-3)14-32-18-8-9-20(19(25)13-18)26-23-27-10-4-5-11-28(27)24(30)34-23/h6-9,12-13,16,23,26H,4-5,10-11,14H2,1-3H3. The Morgan fingerprint density at radius 3 is 2.79 bits per heavy atom. The average molecular weight is 490 g/mol. The molecular weight excluding hydrogens is 461 g/mol. The zero-order chi connectivity index (χ0) is 24.2. The first-order valence-electron chi connectivity index (χ1n) is 11.1. The van der Waals surface area contributed by atoms with Gasteiger partial charge >= 0.3 is 5.97 Å². The molecule has 34 heavy (non-hydrogen) atoms. The number of anilines is 1. The molecule has 10 heteroatoms. The highest BCUT2D eigenvalue weighted by Gasteiger charge is 2.40. The number of methoxy groups -OCH3 is 1. The second-order valence-electron chi connectivity index (χ2n) is 8.20. The molecule has 1 N–H and O–H groups in total. The van der Waals surface area contributed by atoms with E-state index in [1.807, 2.05) is 30.1 Å². The fourth-order valence-electron chi connectivity index (χ4n) is 3.84. The van der Waals surface area contributed by atoms with Crippen molar-refractivity contribution in [2.45, 2.75) is 44.9 Å². The van der Waals surface area contributed by atoms with Crippen molar-refractivity contribution in [2.24, 2.45) is 0 Å². The second-order valence-corrected chi connectivity index (χ2v) is 9.23. The summed E-state index contributed by atoms with van der Waals surface area (Å²) in [4.78, 5) is 23.9. The van der Waals surface area contributed by atoms with E-state index in [0.717, 1.165) is 42.3 Å². The van der Waals surface area contributed by atoms with Crippen molar-refractivity contribution in [3.8, 4) is 11.5 Å². The fraction of sp³-hybridized carbons (Fsp3) is 0.417. The summed E-state index contributed by atoms with van der Waals surface area (Å²) in [5.74, 6) is -0.0925. The van der Waals surface area contributed by atoms with Gasteiger partial charge in [-0.2, -0.15) is 5.01 Å². The molecule has 2 unspecified atom stereocenters. The van der Waals surface area contributed by atoms with Crippen molar-refractivity contribution in [3.05, 3.63) is 53.3 Å². The van der Waals surface area contributed by atoms with Gasteiger partial charge in [0.05, 0.1) is 12.8 Å². The van der Waals surface area contributed by atoms with Crippen molar-refractivity contribution >= 4 is 28.7 Å². The van der Waals surface area contributed by atoms with E-state index in [-0.39, 0.29) is 17.3 Å². The number of nitrogens with zero attached hydrogens (tertiary/aromatic N) is 2. The predicted molar refractivity (Wildman–Crippen MR) is 127 cm³/mol. The number of hydrazine groups is 1. The molecule has 2 fully saturated rings. The summed E-state index contributed by atoms with van der Waals surface area (Å²) >= 11 is 1.15. The largest absolute Gasteiger partial charge is 0.489 e. The number of hydrogen-bond donors (Lipinski definition) is 1. The first kappa shape index (κ1) is 24.2. The first-order valence-corrected chi connectivity index (χ1v) is 12.0. The number of carbonyl (C=O) groups is 2. The lowest BCUT2D eigenvalue weighted by Crippen LogP contribution is -2.48. The highest BCUT2D eigenvalue weighted by atomic mass is 32.2.